The topological polar surface area (TPSA) is 38.3 Å². The first-order valence-corrected chi connectivity index (χ1v) is 5.79. The van der Waals surface area contributed by atoms with Crippen molar-refractivity contribution in [3.05, 3.63) is 0 Å². The Balaban J connectivity index is 2.06. The quantitative estimate of drug-likeness (QED) is 0.565. The molecule has 0 spiro atoms. The molecule has 3 nitrogen and oxygen atoms in total. The number of ether oxygens (including phenoxy) is 1. The standard InChI is InChI=1S/C10H18ClNO2/c11-6-2-1-3-10(13)12-9-4-7-14-8-5-9/h9H,1-8H2,(H,12,13). The molecule has 0 saturated carbocycles. The van der Waals surface area contributed by atoms with Gasteiger partial charge in [0.15, 0.2) is 0 Å². The summed E-state index contributed by atoms with van der Waals surface area (Å²) in [6.45, 7) is 1.54. The van der Waals surface area contributed by atoms with Crippen molar-refractivity contribution >= 4 is 17.5 Å². The maximum Gasteiger partial charge on any atom is 0.220 e. The van der Waals surface area contributed by atoms with Gasteiger partial charge in [0, 0.05) is 31.6 Å². The molecule has 14 heavy (non-hydrogen) atoms. The fraction of sp³-hybridized carbons (Fsp3) is 0.900. The van der Waals surface area contributed by atoms with Crippen molar-refractivity contribution in [2.75, 3.05) is 19.1 Å². The molecule has 0 bridgehead atoms. The third kappa shape index (κ3) is 4.82. The van der Waals surface area contributed by atoms with E-state index in [-0.39, 0.29) is 5.91 Å². The van der Waals surface area contributed by atoms with Gasteiger partial charge in [0.25, 0.3) is 0 Å². The molecule has 1 aliphatic rings. The van der Waals surface area contributed by atoms with Crippen LogP contribution in [0, 0.1) is 0 Å². The predicted molar refractivity (Wildman–Crippen MR) is 56.6 cm³/mol. The van der Waals surface area contributed by atoms with E-state index in [1.54, 1.807) is 0 Å². The molecular weight excluding hydrogens is 202 g/mol. The summed E-state index contributed by atoms with van der Waals surface area (Å²) < 4.78 is 5.21. The van der Waals surface area contributed by atoms with Crippen LogP contribution in [0.1, 0.15) is 32.1 Å². The Bertz CT molecular complexity index is 170. The minimum atomic E-state index is 0.155. The van der Waals surface area contributed by atoms with Gasteiger partial charge in [-0.2, -0.15) is 0 Å². The molecule has 0 aromatic carbocycles. The number of rotatable bonds is 5. The van der Waals surface area contributed by atoms with Crippen molar-refractivity contribution in [1.29, 1.82) is 0 Å². The maximum atomic E-state index is 11.4. The van der Waals surface area contributed by atoms with Crippen LogP contribution in [-0.2, 0) is 9.53 Å². The summed E-state index contributed by atoms with van der Waals surface area (Å²) >= 11 is 5.53. The van der Waals surface area contributed by atoms with E-state index in [1.807, 2.05) is 0 Å². The lowest BCUT2D eigenvalue weighted by atomic mass is 10.1. The van der Waals surface area contributed by atoms with Crippen molar-refractivity contribution in [1.82, 2.24) is 5.32 Å². The summed E-state index contributed by atoms with van der Waals surface area (Å²) in [5.41, 5.74) is 0. The van der Waals surface area contributed by atoms with E-state index in [1.165, 1.54) is 0 Å². The molecule has 0 radical (unpaired) electrons. The summed E-state index contributed by atoms with van der Waals surface area (Å²) in [6, 6.07) is 0.326. The minimum Gasteiger partial charge on any atom is -0.381 e. The SMILES string of the molecule is O=C(CCCCCl)NC1CCOCC1. The van der Waals surface area contributed by atoms with Crippen molar-refractivity contribution in [2.24, 2.45) is 0 Å². The number of amides is 1. The highest BCUT2D eigenvalue weighted by Crippen LogP contribution is 2.07. The van der Waals surface area contributed by atoms with Crippen molar-refractivity contribution in [3.8, 4) is 0 Å². The second kappa shape index (κ2) is 7.07. The lowest BCUT2D eigenvalue weighted by molar-refractivity contribution is -0.122. The minimum absolute atomic E-state index is 0.155. The molecule has 1 aliphatic heterocycles. The van der Waals surface area contributed by atoms with Gasteiger partial charge in [-0.3, -0.25) is 4.79 Å². The highest BCUT2D eigenvalue weighted by atomic mass is 35.5. The molecule has 1 N–H and O–H groups in total. The third-order valence-corrected chi connectivity index (χ3v) is 2.64. The number of unbranched alkanes of at least 4 members (excludes halogenated alkanes) is 1. The molecule has 0 unspecified atom stereocenters. The molecule has 4 heteroatoms. The van der Waals surface area contributed by atoms with Crippen LogP contribution >= 0.6 is 11.6 Å². The molecule has 1 heterocycles. The number of hydrogen-bond donors (Lipinski definition) is 1. The van der Waals surface area contributed by atoms with Crippen LogP contribution in [0.25, 0.3) is 0 Å². The maximum absolute atomic E-state index is 11.4. The zero-order valence-electron chi connectivity index (χ0n) is 8.43. The fourth-order valence-electron chi connectivity index (χ4n) is 1.52. The second-order valence-corrected chi connectivity index (χ2v) is 3.98. The Morgan fingerprint density at radius 1 is 1.36 bits per heavy atom. The number of halogens is 1. The van der Waals surface area contributed by atoms with Crippen LogP contribution in [0.5, 0.6) is 0 Å². The van der Waals surface area contributed by atoms with E-state index in [0.717, 1.165) is 38.9 Å². The molecular formula is C10H18ClNO2. The fourth-order valence-corrected chi connectivity index (χ4v) is 1.71. The molecule has 1 rings (SSSR count). The molecule has 1 amide bonds. The highest BCUT2D eigenvalue weighted by molar-refractivity contribution is 6.17. The predicted octanol–water partition coefficient (Wildman–Crippen LogP) is 1.69. The molecule has 0 aromatic heterocycles. The number of nitrogens with one attached hydrogen (secondary N) is 1. The third-order valence-electron chi connectivity index (χ3n) is 2.37. The average Bonchev–Trinajstić information content (AvgIpc) is 2.20. The lowest BCUT2D eigenvalue weighted by Gasteiger charge is -2.23. The first kappa shape index (κ1) is 11.8. The number of hydrogen-bond acceptors (Lipinski definition) is 2. The first-order chi connectivity index (χ1) is 6.83. The molecule has 1 saturated heterocycles. The number of carbonyl (C=O) groups excluding carboxylic acids is 1. The van der Waals surface area contributed by atoms with Crippen LogP contribution in [0.15, 0.2) is 0 Å². The Labute approximate surface area is 90.1 Å². The van der Waals surface area contributed by atoms with Crippen molar-refractivity contribution in [2.45, 2.75) is 38.1 Å². The Hall–Kier alpha value is -0.280. The number of alkyl halides is 1. The monoisotopic (exact) mass is 219 g/mol. The molecule has 0 aliphatic carbocycles. The van der Waals surface area contributed by atoms with Gasteiger partial charge in [0.05, 0.1) is 0 Å². The van der Waals surface area contributed by atoms with Crippen molar-refractivity contribution in [3.63, 3.8) is 0 Å². The molecule has 0 aromatic rings. The summed E-state index contributed by atoms with van der Waals surface area (Å²) in [5, 5.41) is 3.02. The Morgan fingerprint density at radius 3 is 2.71 bits per heavy atom. The van der Waals surface area contributed by atoms with Crippen molar-refractivity contribution < 1.29 is 9.53 Å². The van der Waals surface area contributed by atoms with Crippen LogP contribution in [-0.4, -0.2) is 31.0 Å². The van der Waals surface area contributed by atoms with Gasteiger partial charge in [-0.15, -0.1) is 11.6 Å². The van der Waals surface area contributed by atoms with Gasteiger partial charge in [0.2, 0.25) is 5.91 Å². The zero-order chi connectivity index (χ0) is 10.2. The van der Waals surface area contributed by atoms with Gasteiger partial charge in [0.1, 0.15) is 0 Å². The van der Waals surface area contributed by atoms with Crippen LogP contribution in [0.4, 0.5) is 0 Å². The van der Waals surface area contributed by atoms with E-state index in [9.17, 15) is 4.79 Å². The lowest BCUT2D eigenvalue weighted by Crippen LogP contribution is -2.38. The van der Waals surface area contributed by atoms with E-state index < -0.39 is 0 Å². The zero-order valence-corrected chi connectivity index (χ0v) is 9.18. The second-order valence-electron chi connectivity index (χ2n) is 3.60. The highest BCUT2D eigenvalue weighted by Gasteiger charge is 2.15. The average molecular weight is 220 g/mol. The normalized spacial score (nSPS) is 18.1. The largest absolute Gasteiger partial charge is 0.381 e. The van der Waals surface area contributed by atoms with Gasteiger partial charge in [-0.05, 0) is 25.7 Å². The van der Waals surface area contributed by atoms with Crippen LogP contribution in [0.3, 0.4) is 0 Å². The van der Waals surface area contributed by atoms with Gasteiger partial charge in [-0.25, -0.2) is 0 Å². The molecule has 1 fully saturated rings. The summed E-state index contributed by atoms with van der Waals surface area (Å²) in [6.07, 6.45) is 4.30. The Kier molecular flexibility index (Phi) is 5.96. The van der Waals surface area contributed by atoms with Gasteiger partial charge in [-0.1, -0.05) is 0 Å². The van der Waals surface area contributed by atoms with E-state index in [0.29, 0.717) is 18.3 Å². The Morgan fingerprint density at radius 2 is 2.07 bits per heavy atom. The summed E-state index contributed by atoms with van der Waals surface area (Å²) in [4.78, 5) is 11.4. The van der Waals surface area contributed by atoms with E-state index >= 15 is 0 Å². The van der Waals surface area contributed by atoms with Crippen LogP contribution < -0.4 is 5.32 Å². The van der Waals surface area contributed by atoms with E-state index in [2.05, 4.69) is 5.32 Å². The van der Waals surface area contributed by atoms with E-state index in [4.69, 9.17) is 16.3 Å². The van der Waals surface area contributed by atoms with Gasteiger partial charge >= 0.3 is 0 Å². The first-order valence-electron chi connectivity index (χ1n) is 5.26. The smallest absolute Gasteiger partial charge is 0.220 e. The number of carbonyl (C=O) groups is 1. The summed E-state index contributed by atoms with van der Waals surface area (Å²) in [7, 11) is 0. The molecule has 82 valence electrons. The summed E-state index contributed by atoms with van der Waals surface area (Å²) in [5.74, 6) is 0.798. The van der Waals surface area contributed by atoms with Gasteiger partial charge < -0.3 is 10.1 Å². The van der Waals surface area contributed by atoms with Crippen LogP contribution in [0.2, 0.25) is 0 Å². The molecule has 0 atom stereocenters.